The topological polar surface area (TPSA) is 60.3 Å². The van der Waals surface area contributed by atoms with E-state index in [-0.39, 0.29) is 23.0 Å². The summed E-state index contributed by atoms with van der Waals surface area (Å²) in [5.74, 6) is 0.170. The van der Waals surface area contributed by atoms with Crippen molar-refractivity contribution in [1.29, 1.82) is 0 Å². The standard InChI is InChI=1S/C26H23ClN2O3S/c27-17-12-13-23-21(15-17)26-20(10-6-14-32-26)25(28-23)22-16-29(24-11-5-4-9-19(22)24)33(30,31)18-7-2-1-3-8-18/h1-5,7-9,11-13,15-16,20,25-26,28H,6,10,14H2/t20-,25-,26-/m1/s1. The first-order chi connectivity index (χ1) is 16.0. The van der Waals surface area contributed by atoms with Crippen LogP contribution in [-0.2, 0) is 14.8 Å². The molecule has 0 bridgehead atoms. The van der Waals surface area contributed by atoms with Gasteiger partial charge in [-0.15, -0.1) is 0 Å². The van der Waals surface area contributed by atoms with Crippen molar-refractivity contribution >= 4 is 38.2 Å². The molecule has 1 N–H and O–H groups in total. The Balaban J connectivity index is 1.53. The van der Waals surface area contributed by atoms with Crippen LogP contribution in [0, 0.1) is 5.92 Å². The van der Waals surface area contributed by atoms with Gasteiger partial charge in [0.25, 0.3) is 10.0 Å². The molecular formula is C26H23ClN2O3S. The zero-order valence-electron chi connectivity index (χ0n) is 17.8. The van der Waals surface area contributed by atoms with Gasteiger partial charge in [0.05, 0.1) is 22.6 Å². The van der Waals surface area contributed by atoms with Gasteiger partial charge < -0.3 is 10.1 Å². The van der Waals surface area contributed by atoms with Gasteiger partial charge in [0.15, 0.2) is 0 Å². The number of hydrogen-bond donors (Lipinski definition) is 1. The molecule has 1 saturated heterocycles. The van der Waals surface area contributed by atoms with Gasteiger partial charge in [-0.25, -0.2) is 12.4 Å². The number of fused-ring (bicyclic) bond motifs is 4. The maximum Gasteiger partial charge on any atom is 0.268 e. The summed E-state index contributed by atoms with van der Waals surface area (Å²) in [4.78, 5) is 0.271. The van der Waals surface area contributed by atoms with E-state index < -0.39 is 10.0 Å². The van der Waals surface area contributed by atoms with E-state index >= 15 is 0 Å². The monoisotopic (exact) mass is 478 g/mol. The fraction of sp³-hybridized carbons (Fsp3) is 0.231. The molecule has 168 valence electrons. The van der Waals surface area contributed by atoms with Crippen molar-refractivity contribution in [2.45, 2.75) is 29.9 Å². The second-order valence-electron chi connectivity index (χ2n) is 8.67. The first-order valence-corrected chi connectivity index (χ1v) is 12.9. The van der Waals surface area contributed by atoms with Crippen molar-refractivity contribution in [2.24, 2.45) is 5.92 Å². The lowest BCUT2D eigenvalue weighted by Crippen LogP contribution is -2.36. The smallest absolute Gasteiger partial charge is 0.268 e. The number of para-hydroxylation sites is 1. The highest BCUT2D eigenvalue weighted by Gasteiger charge is 2.41. The van der Waals surface area contributed by atoms with E-state index in [1.807, 2.05) is 48.5 Å². The zero-order valence-corrected chi connectivity index (χ0v) is 19.4. The molecule has 6 rings (SSSR count). The predicted molar refractivity (Wildman–Crippen MR) is 130 cm³/mol. The van der Waals surface area contributed by atoms with Crippen molar-refractivity contribution in [3.05, 3.63) is 95.1 Å². The molecule has 0 radical (unpaired) electrons. The van der Waals surface area contributed by atoms with Gasteiger partial charge in [0.2, 0.25) is 0 Å². The van der Waals surface area contributed by atoms with Gasteiger partial charge in [0, 0.05) is 45.9 Å². The van der Waals surface area contributed by atoms with Crippen molar-refractivity contribution in [1.82, 2.24) is 3.97 Å². The molecule has 3 aromatic carbocycles. The molecule has 0 spiro atoms. The maximum absolute atomic E-state index is 13.6. The van der Waals surface area contributed by atoms with Crippen LogP contribution in [0.2, 0.25) is 5.02 Å². The summed E-state index contributed by atoms with van der Waals surface area (Å²) >= 11 is 6.30. The lowest BCUT2D eigenvalue weighted by atomic mass is 9.77. The van der Waals surface area contributed by atoms with E-state index in [9.17, 15) is 8.42 Å². The molecule has 4 aromatic rings. The molecule has 3 heterocycles. The van der Waals surface area contributed by atoms with Gasteiger partial charge in [-0.2, -0.15) is 0 Å². The predicted octanol–water partition coefficient (Wildman–Crippen LogP) is 6.17. The molecule has 0 amide bonds. The summed E-state index contributed by atoms with van der Waals surface area (Å²) < 4.78 is 34.8. The lowest BCUT2D eigenvalue weighted by molar-refractivity contribution is -0.0379. The van der Waals surface area contributed by atoms with Crippen LogP contribution in [0.15, 0.2) is 83.9 Å². The molecule has 1 aromatic heterocycles. The average molecular weight is 479 g/mol. The van der Waals surface area contributed by atoms with E-state index in [0.717, 1.165) is 35.0 Å². The highest BCUT2D eigenvalue weighted by molar-refractivity contribution is 7.90. The minimum absolute atomic E-state index is 0.0773. The van der Waals surface area contributed by atoms with Crippen molar-refractivity contribution in [2.75, 3.05) is 11.9 Å². The largest absolute Gasteiger partial charge is 0.377 e. The quantitative estimate of drug-likeness (QED) is 0.382. The van der Waals surface area contributed by atoms with Crippen LogP contribution in [0.3, 0.4) is 0 Å². The van der Waals surface area contributed by atoms with Gasteiger partial charge in [-0.3, -0.25) is 0 Å². The highest BCUT2D eigenvalue weighted by atomic mass is 35.5. The zero-order chi connectivity index (χ0) is 22.6. The second-order valence-corrected chi connectivity index (χ2v) is 10.9. The third-order valence-corrected chi connectivity index (χ3v) is 8.69. The van der Waals surface area contributed by atoms with Crippen molar-refractivity contribution in [3.63, 3.8) is 0 Å². The van der Waals surface area contributed by atoms with Crippen molar-refractivity contribution in [3.8, 4) is 0 Å². The third kappa shape index (κ3) is 3.36. The van der Waals surface area contributed by atoms with Crippen LogP contribution in [0.25, 0.3) is 10.9 Å². The number of ether oxygens (including phenoxy) is 1. The molecular weight excluding hydrogens is 456 g/mol. The summed E-state index contributed by atoms with van der Waals surface area (Å²) in [6.07, 6.45) is 3.67. The second kappa shape index (κ2) is 7.90. The SMILES string of the molecule is O=S(=O)(c1ccccc1)n1cc([C@@H]2Nc3ccc(Cl)cc3[C@@H]3OCCC[C@H]23)c2ccccc21. The minimum Gasteiger partial charge on any atom is -0.377 e. The number of halogens is 1. The van der Waals surface area contributed by atoms with Crippen LogP contribution in [0.4, 0.5) is 5.69 Å². The first-order valence-electron chi connectivity index (χ1n) is 11.1. The molecule has 0 aliphatic carbocycles. The Bertz CT molecular complexity index is 1450. The fourth-order valence-corrected chi connectivity index (χ4v) is 6.86. The Kier molecular flexibility index (Phi) is 4.98. The van der Waals surface area contributed by atoms with Gasteiger partial charge in [-0.05, 0) is 49.2 Å². The minimum atomic E-state index is -3.74. The van der Waals surface area contributed by atoms with E-state index in [1.165, 1.54) is 3.97 Å². The summed E-state index contributed by atoms with van der Waals surface area (Å²) in [6, 6.07) is 22.0. The summed E-state index contributed by atoms with van der Waals surface area (Å²) in [7, 11) is -3.74. The van der Waals surface area contributed by atoms with E-state index in [1.54, 1.807) is 30.5 Å². The van der Waals surface area contributed by atoms with Crippen LogP contribution >= 0.6 is 11.6 Å². The third-order valence-electron chi connectivity index (χ3n) is 6.77. The molecule has 2 aliphatic rings. The van der Waals surface area contributed by atoms with Crippen molar-refractivity contribution < 1.29 is 13.2 Å². The number of hydrogen-bond acceptors (Lipinski definition) is 4. The van der Waals surface area contributed by atoms with Gasteiger partial charge in [-0.1, -0.05) is 48.0 Å². The normalized spacial score (nSPS) is 22.4. The Labute approximate surface area is 198 Å². The number of anilines is 1. The average Bonchev–Trinajstić information content (AvgIpc) is 3.25. The number of rotatable bonds is 3. The molecule has 7 heteroatoms. The molecule has 5 nitrogen and oxygen atoms in total. The van der Waals surface area contributed by atoms with E-state index in [2.05, 4.69) is 5.32 Å². The Hall–Kier alpha value is -2.80. The lowest BCUT2D eigenvalue weighted by Gasteiger charge is -2.43. The van der Waals surface area contributed by atoms with Gasteiger partial charge in [0.1, 0.15) is 0 Å². The molecule has 1 fully saturated rings. The number of nitrogens with zero attached hydrogens (tertiary/aromatic N) is 1. The fourth-order valence-electron chi connectivity index (χ4n) is 5.28. The number of nitrogens with one attached hydrogen (secondary N) is 1. The summed E-state index contributed by atoms with van der Waals surface area (Å²) in [5.41, 5.74) is 3.69. The Morgan fingerprint density at radius 2 is 1.76 bits per heavy atom. The molecule has 2 aliphatic heterocycles. The first kappa shape index (κ1) is 20.8. The van der Waals surface area contributed by atoms with E-state index in [4.69, 9.17) is 16.3 Å². The molecule has 3 atom stereocenters. The van der Waals surface area contributed by atoms with Crippen LogP contribution < -0.4 is 5.32 Å². The van der Waals surface area contributed by atoms with Crippen LogP contribution in [-0.4, -0.2) is 19.0 Å². The summed E-state index contributed by atoms with van der Waals surface area (Å²) in [6.45, 7) is 0.712. The Morgan fingerprint density at radius 3 is 2.61 bits per heavy atom. The summed E-state index contributed by atoms with van der Waals surface area (Å²) in [5, 5.41) is 5.30. The number of aromatic nitrogens is 1. The number of benzene rings is 3. The Morgan fingerprint density at radius 1 is 0.970 bits per heavy atom. The van der Waals surface area contributed by atoms with E-state index in [0.29, 0.717) is 17.1 Å². The molecule has 0 saturated carbocycles. The molecule has 33 heavy (non-hydrogen) atoms. The van der Waals surface area contributed by atoms with Crippen LogP contribution in [0.1, 0.15) is 36.1 Å². The maximum atomic E-state index is 13.6. The molecule has 0 unspecified atom stereocenters. The van der Waals surface area contributed by atoms with Gasteiger partial charge >= 0.3 is 0 Å². The highest BCUT2D eigenvalue weighted by Crippen LogP contribution is 2.51. The van der Waals surface area contributed by atoms with Crippen LogP contribution in [0.5, 0.6) is 0 Å².